The number of halogens is 1. The van der Waals surface area contributed by atoms with Gasteiger partial charge >= 0.3 is 0 Å². The van der Waals surface area contributed by atoms with Crippen LogP contribution in [0.2, 0.25) is 0 Å². The largest absolute Gasteiger partial charge is 0.497 e. The summed E-state index contributed by atoms with van der Waals surface area (Å²) in [6, 6.07) is 9.51. The Balaban J connectivity index is 2.05. The van der Waals surface area contributed by atoms with E-state index in [2.05, 4.69) is 26.2 Å². The number of methoxy groups -OCH3 is 1. The van der Waals surface area contributed by atoms with Crippen molar-refractivity contribution in [3.63, 3.8) is 0 Å². The number of ether oxygens (including phenoxy) is 2. The molecule has 5 heteroatoms. The molecule has 0 unspecified atom stereocenters. The van der Waals surface area contributed by atoms with E-state index in [1.54, 1.807) is 13.3 Å². The zero-order chi connectivity index (χ0) is 13.7. The van der Waals surface area contributed by atoms with E-state index in [0.717, 1.165) is 27.4 Å². The second-order valence-corrected chi connectivity index (χ2v) is 4.74. The Hall–Kier alpha value is -1.75. The first-order valence-electron chi connectivity index (χ1n) is 5.82. The van der Waals surface area contributed by atoms with Crippen LogP contribution in [0.15, 0.2) is 41.0 Å². The number of hydrogen-bond acceptors (Lipinski definition) is 4. The smallest absolute Gasteiger partial charge is 0.134 e. The fraction of sp³-hybridized carbons (Fsp3) is 0.214. The molecule has 0 aliphatic heterocycles. The van der Waals surface area contributed by atoms with E-state index in [4.69, 9.17) is 9.47 Å². The third kappa shape index (κ3) is 3.61. The van der Waals surface area contributed by atoms with Gasteiger partial charge in [0.25, 0.3) is 0 Å². The van der Waals surface area contributed by atoms with Gasteiger partial charge < -0.3 is 14.8 Å². The van der Waals surface area contributed by atoms with Crippen molar-refractivity contribution in [1.82, 2.24) is 4.98 Å². The van der Waals surface area contributed by atoms with Gasteiger partial charge in [-0.25, -0.2) is 4.98 Å². The first-order chi connectivity index (χ1) is 9.22. The summed E-state index contributed by atoms with van der Waals surface area (Å²) in [4.78, 5) is 4.16. The van der Waals surface area contributed by atoms with Crippen LogP contribution in [0.3, 0.4) is 0 Å². The first-order valence-corrected chi connectivity index (χ1v) is 6.61. The van der Waals surface area contributed by atoms with Crippen LogP contribution in [-0.4, -0.2) is 19.1 Å². The summed E-state index contributed by atoms with van der Waals surface area (Å²) < 4.78 is 11.8. The lowest BCUT2D eigenvalue weighted by atomic mass is 10.2. The zero-order valence-electron chi connectivity index (χ0n) is 10.8. The van der Waals surface area contributed by atoms with E-state index in [-0.39, 0.29) is 0 Å². The molecule has 1 aromatic carbocycles. The molecule has 0 atom stereocenters. The van der Waals surface area contributed by atoms with Gasteiger partial charge in [-0.05, 0) is 51.8 Å². The topological polar surface area (TPSA) is 43.4 Å². The van der Waals surface area contributed by atoms with E-state index < -0.39 is 0 Å². The molecule has 0 fully saturated rings. The SMILES string of the molecule is CNc1cc(COc2ccc(OC)cc2Br)ccn1. The molecule has 0 spiro atoms. The molecular formula is C14H15BrN2O2. The predicted octanol–water partition coefficient (Wildman–Crippen LogP) is 3.47. The summed E-state index contributed by atoms with van der Waals surface area (Å²) >= 11 is 3.46. The van der Waals surface area contributed by atoms with Gasteiger partial charge in [0.2, 0.25) is 0 Å². The van der Waals surface area contributed by atoms with E-state index in [9.17, 15) is 0 Å². The number of nitrogens with zero attached hydrogens (tertiary/aromatic N) is 1. The Morgan fingerprint density at radius 3 is 2.79 bits per heavy atom. The minimum Gasteiger partial charge on any atom is -0.497 e. The molecule has 0 saturated heterocycles. The maximum Gasteiger partial charge on any atom is 0.134 e. The average Bonchev–Trinajstić information content (AvgIpc) is 2.46. The van der Waals surface area contributed by atoms with Crippen LogP contribution < -0.4 is 14.8 Å². The molecule has 0 amide bonds. The summed E-state index contributed by atoms with van der Waals surface area (Å²) in [6.07, 6.45) is 1.76. The Morgan fingerprint density at radius 1 is 1.26 bits per heavy atom. The molecule has 2 aromatic rings. The summed E-state index contributed by atoms with van der Waals surface area (Å²) in [5.41, 5.74) is 1.06. The Bertz CT molecular complexity index is 561. The number of aromatic nitrogens is 1. The van der Waals surface area contributed by atoms with Crippen molar-refractivity contribution in [2.75, 3.05) is 19.5 Å². The number of pyridine rings is 1. The summed E-state index contributed by atoms with van der Waals surface area (Å²) in [5.74, 6) is 2.40. The monoisotopic (exact) mass is 322 g/mol. The van der Waals surface area contributed by atoms with Crippen molar-refractivity contribution in [3.05, 3.63) is 46.6 Å². The number of anilines is 1. The molecule has 1 heterocycles. The van der Waals surface area contributed by atoms with Crippen LogP contribution in [0, 0.1) is 0 Å². The van der Waals surface area contributed by atoms with Crippen molar-refractivity contribution in [2.45, 2.75) is 6.61 Å². The highest BCUT2D eigenvalue weighted by Crippen LogP contribution is 2.29. The third-order valence-corrected chi connectivity index (χ3v) is 3.23. The van der Waals surface area contributed by atoms with Crippen molar-refractivity contribution < 1.29 is 9.47 Å². The molecule has 4 nitrogen and oxygen atoms in total. The molecule has 0 bridgehead atoms. The highest BCUT2D eigenvalue weighted by molar-refractivity contribution is 9.10. The van der Waals surface area contributed by atoms with Crippen LogP contribution in [0.25, 0.3) is 0 Å². The van der Waals surface area contributed by atoms with E-state index in [1.165, 1.54) is 0 Å². The fourth-order valence-electron chi connectivity index (χ4n) is 1.59. The molecule has 2 rings (SSSR count). The minimum atomic E-state index is 0.488. The van der Waals surface area contributed by atoms with Crippen molar-refractivity contribution >= 4 is 21.7 Å². The number of nitrogens with one attached hydrogen (secondary N) is 1. The van der Waals surface area contributed by atoms with Crippen LogP contribution in [-0.2, 0) is 6.61 Å². The maximum atomic E-state index is 5.76. The predicted molar refractivity (Wildman–Crippen MR) is 78.8 cm³/mol. The van der Waals surface area contributed by atoms with Crippen LogP contribution >= 0.6 is 15.9 Å². The van der Waals surface area contributed by atoms with Gasteiger partial charge in [0.15, 0.2) is 0 Å². The van der Waals surface area contributed by atoms with Crippen molar-refractivity contribution in [3.8, 4) is 11.5 Å². The van der Waals surface area contributed by atoms with E-state index in [0.29, 0.717) is 6.61 Å². The Morgan fingerprint density at radius 2 is 2.11 bits per heavy atom. The van der Waals surface area contributed by atoms with Crippen LogP contribution in [0.1, 0.15) is 5.56 Å². The number of hydrogen-bond donors (Lipinski definition) is 1. The normalized spacial score (nSPS) is 10.1. The molecule has 1 N–H and O–H groups in total. The van der Waals surface area contributed by atoms with Gasteiger partial charge in [-0.3, -0.25) is 0 Å². The van der Waals surface area contributed by atoms with Gasteiger partial charge in [0, 0.05) is 13.2 Å². The zero-order valence-corrected chi connectivity index (χ0v) is 12.4. The lowest BCUT2D eigenvalue weighted by molar-refractivity contribution is 0.303. The van der Waals surface area contributed by atoms with E-state index in [1.807, 2.05) is 37.4 Å². The van der Waals surface area contributed by atoms with Crippen LogP contribution in [0.4, 0.5) is 5.82 Å². The molecule has 1 aromatic heterocycles. The Labute approximate surface area is 120 Å². The standard InChI is InChI=1S/C14H15BrN2O2/c1-16-14-7-10(5-6-17-14)9-19-13-4-3-11(18-2)8-12(13)15/h3-8H,9H2,1-2H3,(H,16,17). The van der Waals surface area contributed by atoms with Gasteiger partial charge in [0.05, 0.1) is 11.6 Å². The number of benzene rings is 1. The Kier molecular flexibility index (Phi) is 4.63. The van der Waals surface area contributed by atoms with Gasteiger partial charge in [-0.1, -0.05) is 0 Å². The lowest BCUT2D eigenvalue weighted by Crippen LogP contribution is -1.99. The first kappa shape index (κ1) is 13.7. The van der Waals surface area contributed by atoms with E-state index >= 15 is 0 Å². The molecule has 100 valence electrons. The quantitative estimate of drug-likeness (QED) is 0.915. The third-order valence-electron chi connectivity index (χ3n) is 2.61. The second-order valence-electron chi connectivity index (χ2n) is 3.88. The molecule has 0 aliphatic carbocycles. The summed E-state index contributed by atoms with van der Waals surface area (Å²) in [5, 5.41) is 3.00. The maximum absolute atomic E-state index is 5.76. The molecule has 0 radical (unpaired) electrons. The van der Waals surface area contributed by atoms with Crippen molar-refractivity contribution in [1.29, 1.82) is 0 Å². The molecular weight excluding hydrogens is 308 g/mol. The molecule has 0 saturated carbocycles. The highest BCUT2D eigenvalue weighted by atomic mass is 79.9. The summed E-state index contributed by atoms with van der Waals surface area (Å²) in [6.45, 7) is 0.488. The van der Waals surface area contributed by atoms with Gasteiger partial charge in [0.1, 0.15) is 23.9 Å². The van der Waals surface area contributed by atoms with Gasteiger partial charge in [-0.2, -0.15) is 0 Å². The fourth-order valence-corrected chi connectivity index (χ4v) is 2.06. The number of rotatable bonds is 5. The van der Waals surface area contributed by atoms with Crippen molar-refractivity contribution in [2.24, 2.45) is 0 Å². The molecule has 0 aliphatic rings. The lowest BCUT2D eigenvalue weighted by Gasteiger charge is -2.10. The minimum absolute atomic E-state index is 0.488. The highest BCUT2D eigenvalue weighted by Gasteiger charge is 2.04. The average molecular weight is 323 g/mol. The molecule has 19 heavy (non-hydrogen) atoms. The summed E-state index contributed by atoms with van der Waals surface area (Å²) in [7, 11) is 3.48. The van der Waals surface area contributed by atoms with Gasteiger partial charge in [-0.15, -0.1) is 0 Å². The van der Waals surface area contributed by atoms with Crippen LogP contribution in [0.5, 0.6) is 11.5 Å². The second kappa shape index (κ2) is 6.43.